The molecular formula is C72H52N6. The summed E-state index contributed by atoms with van der Waals surface area (Å²) in [5, 5.41) is 4.67. The molecule has 6 heterocycles. The van der Waals surface area contributed by atoms with Crippen LogP contribution in [0.2, 0.25) is 0 Å². The average molecular weight is 1000 g/mol. The SMILES string of the molecule is c1ccc(-c2cc(CCc3ccc4c(c3)c3cnccc3n4-c3cccc(-c4cccc(-n5c6ccncc6c6cc(CCc7cc(-c8ccccc8)nc(-c8ccccc8)c7)ccc65)c4)c3)cc(-c3ccccc3)n2)cc1. The molecule has 0 fully saturated rings. The fourth-order valence-electron chi connectivity index (χ4n) is 11.4. The van der Waals surface area contributed by atoms with Gasteiger partial charge >= 0.3 is 0 Å². The molecule has 0 amide bonds. The van der Waals surface area contributed by atoms with Gasteiger partial charge in [0.15, 0.2) is 0 Å². The van der Waals surface area contributed by atoms with Gasteiger partial charge in [-0.3, -0.25) is 9.97 Å². The molecule has 0 bridgehead atoms. The number of fused-ring (bicyclic) bond motifs is 6. The lowest BCUT2D eigenvalue weighted by Crippen LogP contribution is -1.97. The van der Waals surface area contributed by atoms with Gasteiger partial charge in [-0.15, -0.1) is 0 Å². The number of benzene rings is 8. The van der Waals surface area contributed by atoms with E-state index in [2.05, 4.69) is 262 Å². The van der Waals surface area contributed by atoms with Gasteiger partial charge in [-0.05, 0) is 144 Å². The van der Waals surface area contributed by atoms with Crippen LogP contribution in [0.15, 0.2) is 267 Å². The summed E-state index contributed by atoms with van der Waals surface area (Å²) < 4.78 is 4.78. The van der Waals surface area contributed by atoms with Crippen LogP contribution in [-0.2, 0) is 25.7 Å². The summed E-state index contributed by atoms with van der Waals surface area (Å²) in [5.74, 6) is 0. The number of hydrogen-bond donors (Lipinski definition) is 0. The minimum Gasteiger partial charge on any atom is -0.309 e. The van der Waals surface area contributed by atoms with Gasteiger partial charge in [0.25, 0.3) is 0 Å². The van der Waals surface area contributed by atoms with Crippen molar-refractivity contribution in [1.29, 1.82) is 0 Å². The first kappa shape index (κ1) is 46.5. The Balaban J connectivity index is 0.761. The molecule has 0 saturated carbocycles. The molecule has 78 heavy (non-hydrogen) atoms. The summed E-state index contributed by atoms with van der Waals surface area (Å²) in [6.07, 6.45) is 11.4. The Morgan fingerprint density at radius 3 is 0.962 bits per heavy atom. The topological polar surface area (TPSA) is 61.4 Å². The van der Waals surface area contributed by atoms with Crippen molar-refractivity contribution >= 4 is 43.6 Å². The number of nitrogens with zero attached hydrogens (tertiary/aromatic N) is 6. The molecule has 0 atom stereocenters. The van der Waals surface area contributed by atoms with Crippen LogP contribution in [0.4, 0.5) is 0 Å². The van der Waals surface area contributed by atoms with E-state index in [1.165, 1.54) is 33.0 Å². The predicted octanol–water partition coefficient (Wildman–Crippen LogP) is 17.4. The van der Waals surface area contributed by atoms with Gasteiger partial charge in [-0.25, -0.2) is 9.97 Å². The van der Waals surface area contributed by atoms with Gasteiger partial charge in [0.2, 0.25) is 0 Å². The normalized spacial score (nSPS) is 11.5. The van der Waals surface area contributed by atoms with Crippen molar-refractivity contribution < 1.29 is 0 Å². The van der Waals surface area contributed by atoms with Crippen LogP contribution in [0.1, 0.15) is 22.3 Å². The molecular weight excluding hydrogens is 949 g/mol. The molecule has 370 valence electrons. The molecule has 14 aromatic rings. The molecule has 0 aliphatic heterocycles. The van der Waals surface area contributed by atoms with Gasteiger partial charge in [-0.1, -0.05) is 158 Å². The van der Waals surface area contributed by atoms with Crippen molar-refractivity contribution in [3.8, 4) is 67.5 Å². The summed E-state index contributed by atoms with van der Waals surface area (Å²) >= 11 is 0. The molecule has 6 nitrogen and oxygen atoms in total. The van der Waals surface area contributed by atoms with Crippen LogP contribution < -0.4 is 0 Å². The zero-order chi connectivity index (χ0) is 51.8. The molecule has 0 aliphatic carbocycles. The Hall–Kier alpha value is -10.0. The van der Waals surface area contributed by atoms with Gasteiger partial charge in [0.1, 0.15) is 0 Å². The molecule has 8 aromatic carbocycles. The first-order chi connectivity index (χ1) is 38.6. The second-order valence-corrected chi connectivity index (χ2v) is 20.2. The summed E-state index contributed by atoms with van der Waals surface area (Å²) in [6, 6.07) is 87.0. The van der Waals surface area contributed by atoms with E-state index in [9.17, 15) is 0 Å². The fourth-order valence-corrected chi connectivity index (χ4v) is 11.4. The predicted molar refractivity (Wildman–Crippen MR) is 321 cm³/mol. The van der Waals surface area contributed by atoms with Crippen molar-refractivity contribution in [3.05, 3.63) is 290 Å². The van der Waals surface area contributed by atoms with Gasteiger partial charge in [0.05, 0.1) is 44.8 Å². The Bertz CT molecular complexity index is 4080. The molecule has 0 spiro atoms. The fraction of sp³-hybridized carbons (Fsp3) is 0.0556. The summed E-state index contributed by atoms with van der Waals surface area (Å²) in [6.45, 7) is 0. The largest absolute Gasteiger partial charge is 0.309 e. The van der Waals surface area contributed by atoms with E-state index >= 15 is 0 Å². The summed E-state index contributed by atoms with van der Waals surface area (Å²) in [7, 11) is 0. The highest BCUT2D eigenvalue weighted by Crippen LogP contribution is 2.37. The smallest absolute Gasteiger partial charge is 0.0712 e. The van der Waals surface area contributed by atoms with Crippen molar-refractivity contribution in [2.75, 3.05) is 0 Å². The van der Waals surface area contributed by atoms with Crippen molar-refractivity contribution in [2.45, 2.75) is 25.7 Å². The highest BCUT2D eigenvalue weighted by Gasteiger charge is 2.18. The molecule has 0 radical (unpaired) electrons. The van der Waals surface area contributed by atoms with Crippen molar-refractivity contribution in [1.82, 2.24) is 29.1 Å². The van der Waals surface area contributed by atoms with E-state index in [4.69, 9.17) is 9.97 Å². The van der Waals surface area contributed by atoms with Crippen molar-refractivity contribution in [2.24, 2.45) is 0 Å². The Kier molecular flexibility index (Phi) is 12.1. The van der Waals surface area contributed by atoms with Crippen molar-refractivity contribution in [3.63, 3.8) is 0 Å². The number of aromatic nitrogens is 6. The highest BCUT2D eigenvalue weighted by molar-refractivity contribution is 6.10. The minimum atomic E-state index is 0.887. The molecule has 0 N–H and O–H groups in total. The van der Waals surface area contributed by atoms with Crippen LogP contribution in [0.25, 0.3) is 111 Å². The summed E-state index contributed by atoms with van der Waals surface area (Å²) in [5.41, 5.74) is 22.6. The standard InChI is InChI=1S/C72H52N6/c1-5-15-53(16-6-1)65-41-51(42-66(75-65)54-17-7-2-8-18-54)29-27-49-31-33-69-61(39-49)63-47-73-37-35-71(63)77(69)59-25-13-23-57(45-59)58-24-14-26-60(46-58)78-70-34-32-50(40-62(70)64-48-74-38-36-72(64)78)28-30-52-43-67(55-19-9-3-10-20-55)76-68(44-52)56-21-11-4-12-22-56/h1-26,31-48H,27-30H2. The van der Waals surface area contributed by atoms with E-state index in [0.717, 1.165) is 126 Å². The number of aryl methyl sites for hydroxylation is 4. The van der Waals surface area contributed by atoms with Crippen LogP contribution in [-0.4, -0.2) is 29.1 Å². The molecule has 0 aliphatic rings. The maximum absolute atomic E-state index is 5.12. The quantitative estimate of drug-likeness (QED) is 0.115. The monoisotopic (exact) mass is 1000 g/mol. The second-order valence-electron chi connectivity index (χ2n) is 20.2. The number of pyridine rings is 4. The third-order valence-electron chi connectivity index (χ3n) is 15.3. The Morgan fingerprint density at radius 1 is 0.256 bits per heavy atom. The van der Waals surface area contributed by atoms with Crippen LogP contribution in [0, 0.1) is 0 Å². The van der Waals surface area contributed by atoms with Gasteiger partial charge < -0.3 is 9.13 Å². The van der Waals surface area contributed by atoms with Crippen LogP contribution in [0.3, 0.4) is 0 Å². The molecule has 0 saturated heterocycles. The maximum Gasteiger partial charge on any atom is 0.0712 e. The molecule has 14 rings (SSSR count). The first-order valence-electron chi connectivity index (χ1n) is 26.8. The number of rotatable bonds is 13. The number of hydrogen-bond acceptors (Lipinski definition) is 4. The van der Waals surface area contributed by atoms with E-state index in [1.807, 2.05) is 24.8 Å². The van der Waals surface area contributed by atoms with Crippen LogP contribution >= 0.6 is 0 Å². The lowest BCUT2D eigenvalue weighted by Gasteiger charge is -2.13. The molecule has 6 heteroatoms. The molecule has 6 aromatic heterocycles. The van der Waals surface area contributed by atoms with Gasteiger partial charge in [0, 0.05) is 80.0 Å². The average Bonchev–Trinajstić information content (AvgIpc) is 4.07. The summed E-state index contributed by atoms with van der Waals surface area (Å²) in [4.78, 5) is 19.5. The van der Waals surface area contributed by atoms with E-state index in [-0.39, 0.29) is 0 Å². The third kappa shape index (κ3) is 8.99. The van der Waals surface area contributed by atoms with Crippen LogP contribution in [0.5, 0.6) is 0 Å². The first-order valence-corrected chi connectivity index (χ1v) is 26.8. The van der Waals surface area contributed by atoms with E-state index < -0.39 is 0 Å². The Labute approximate surface area is 453 Å². The van der Waals surface area contributed by atoms with E-state index in [0.29, 0.717) is 0 Å². The van der Waals surface area contributed by atoms with E-state index in [1.54, 1.807) is 0 Å². The highest BCUT2D eigenvalue weighted by atomic mass is 15.0. The Morgan fingerprint density at radius 2 is 0.590 bits per heavy atom. The lowest BCUT2D eigenvalue weighted by atomic mass is 9.99. The third-order valence-corrected chi connectivity index (χ3v) is 15.3. The zero-order valence-corrected chi connectivity index (χ0v) is 42.9. The minimum absolute atomic E-state index is 0.887. The maximum atomic E-state index is 5.12. The molecule has 0 unspecified atom stereocenters. The van der Waals surface area contributed by atoms with Gasteiger partial charge in [-0.2, -0.15) is 0 Å². The second kappa shape index (κ2) is 20.2. The lowest BCUT2D eigenvalue weighted by molar-refractivity contribution is 0.959. The zero-order valence-electron chi connectivity index (χ0n) is 42.9.